The molecular weight excluding hydrogens is 356 g/mol. The van der Waals surface area contributed by atoms with E-state index in [9.17, 15) is 14.4 Å². The molecule has 1 heterocycles. The molecule has 0 spiro atoms. The highest BCUT2D eigenvalue weighted by Crippen LogP contribution is 2.30. The number of hydrogen-bond acceptors (Lipinski definition) is 4. The van der Waals surface area contributed by atoms with Crippen molar-refractivity contribution in [2.45, 2.75) is 39.4 Å². The van der Waals surface area contributed by atoms with Gasteiger partial charge in [-0.15, -0.1) is 0 Å². The van der Waals surface area contributed by atoms with Gasteiger partial charge < -0.3 is 16.4 Å². The third-order valence-electron chi connectivity index (χ3n) is 4.50. The standard InChI is InChI=1S/C21H24N4O3/c1-21(2,3)25-18(26)16-8-7-15(10-17(16)19(25)27)24-20(28)23-12-14-6-4-5-13(9-14)11-22/h4-10H,11-12,22H2,1-3H3,(H2,23,24,28). The second-order valence-electron chi connectivity index (χ2n) is 7.71. The Morgan fingerprint density at radius 2 is 1.68 bits per heavy atom. The van der Waals surface area contributed by atoms with Gasteiger partial charge in [0, 0.05) is 24.3 Å². The van der Waals surface area contributed by atoms with Gasteiger partial charge in [0.15, 0.2) is 0 Å². The fraction of sp³-hybridized carbons (Fsp3) is 0.286. The lowest BCUT2D eigenvalue weighted by Crippen LogP contribution is -2.45. The molecule has 7 nitrogen and oxygen atoms in total. The number of nitrogens with one attached hydrogen (secondary N) is 2. The summed E-state index contributed by atoms with van der Waals surface area (Å²) in [6, 6.07) is 12.0. The van der Waals surface area contributed by atoms with Gasteiger partial charge in [-0.2, -0.15) is 0 Å². The Kier molecular flexibility index (Phi) is 5.20. The number of urea groups is 1. The van der Waals surface area contributed by atoms with Crippen molar-refractivity contribution in [2.75, 3.05) is 5.32 Å². The largest absolute Gasteiger partial charge is 0.334 e. The van der Waals surface area contributed by atoms with Crippen LogP contribution in [0.4, 0.5) is 10.5 Å². The summed E-state index contributed by atoms with van der Waals surface area (Å²) in [4.78, 5) is 38.6. The van der Waals surface area contributed by atoms with E-state index in [2.05, 4.69) is 10.6 Å². The van der Waals surface area contributed by atoms with Crippen molar-refractivity contribution < 1.29 is 14.4 Å². The number of imide groups is 1. The van der Waals surface area contributed by atoms with Crippen LogP contribution < -0.4 is 16.4 Å². The van der Waals surface area contributed by atoms with E-state index in [0.717, 1.165) is 11.1 Å². The molecule has 0 saturated carbocycles. The minimum Gasteiger partial charge on any atom is -0.334 e. The molecule has 1 aliphatic rings. The average molecular weight is 380 g/mol. The Balaban J connectivity index is 1.68. The summed E-state index contributed by atoms with van der Waals surface area (Å²) in [5, 5.41) is 5.47. The summed E-state index contributed by atoms with van der Waals surface area (Å²) in [5.74, 6) is -0.668. The maximum absolute atomic E-state index is 12.6. The van der Waals surface area contributed by atoms with Crippen LogP contribution in [-0.4, -0.2) is 28.3 Å². The molecule has 1 aliphatic heterocycles. The van der Waals surface area contributed by atoms with Crippen LogP contribution in [0.25, 0.3) is 0 Å². The van der Waals surface area contributed by atoms with Gasteiger partial charge in [-0.25, -0.2) is 4.79 Å². The molecule has 0 bridgehead atoms. The fourth-order valence-electron chi connectivity index (χ4n) is 3.15. The van der Waals surface area contributed by atoms with Crippen molar-refractivity contribution >= 4 is 23.5 Å². The highest BCUT2D eigenvalue weighted by molar-refractivity contribution is 6.22. The molecule has 7 heteroatoms. The van der Waals surface area contributed by atoms with E-state index in [0.29, 0.717) is 29.9 Å². The number of benzene rings is 2. The maximum atomic E-state index is 12.6. The minimum absolute atomic E-state index is 0.299. The van der Waals surface area contributed by atoms with Gasteiger partial charge in [0.05, 0.1) is 11.1 Å². The van der Waals surface area contributed by atoms with Gasteiger partial charge in [-0.1, -0.05) is 24.3 Å². The van der Waals surface area contributed by atoms with Crippen molar-refractivity contribution in [1.82, 2.24) is 10.2 Å². The molecule has 4 N–H and O–H groups in total. The van der Waals surface area contributed by atoms with Gasteiger partial charge in [0.2, 0.25) is 0 Å². The molecule has 0 atom stereocenters. The van der Waals surface area contributed by atoms with Crippen molar-refractivity contribution in [3.63, 3.8) is 0 Å². The van der Waals surface area contributed by atoms with Crippen molar-refractivity contribution in [1.29, 1.82) is 0 Å². The Morgan fingerprint density at radius 1 is 1.00 bits per heavy atom. The fourth-order valence-corrected chi connectivity index (χ4v) is 3.15. The lowest BCUT2D eigenvalue weighted by Gasteiger charge is -2.29. The number of hydrogen-bond donors (Lipinski definition) is 3. The molecule has 0 saturated heterocycles. The number of nitrogens with zero attached hydrogens (tertiary/aromatic N) is 1. The van der Waals surface area contributed by atoms with Crippen molar-refractivity contribution in [2.24, 2.45) is 5.73 Å². The van der Waals surface area contributed by atoms with E-state index in [1.54, 1.807) is 32.9 Å². The van der Waals surface area contributed by atoms with Gasteiger partial charge in [-0.3, -0.25) is 14.5 Å². The summed E-state index contributed by atoms with van der Waals surface area (Å²) in [7, 11) is 0. The summed E-state index contributed by atoms with van der Waals surface area (Å²) in [5.41, 5.74) is 8.04. The molecule has 3 rings (SSSR count). The molecule has 4 amide bonds. The zero-order valence-corrected chi connectivity index (χ0v) is 16.2. The molecule has 2 aromatic carbocycles. The van der Waals surface area contributed by atoms with Crippen LogP contribution in [0.15, 0.2) is 42.5 Å². The number of carbonyl (C=O) groups excluding carboxylic acids is 3. The minimum atomic E-state index is -0.615. The molecule has 0 aliphatic carbocycles. The van der Waals surface area contributed by atoms with Crippen LogP contribution in [-0.2, 0) is 13.1 Å². The Labute approximate surface area is 163 Å². The topological polar surface area (TPSA) is 105 Å². The van der Waals surface area contributed by atoms with E-state index in [-0.39, 0.29) is 11.8 Å². The number of carbonyl (C=O) groups is 3. The van der Waals surface area contributed by atoms with E-state index < -0.39 is 11.6 Å². The summed E-state index contributed by atoms with van der Waals surface area (Å²) in [6.45, 7) is 6.20. The Bertz CT molecular complexity index is 947. The Hall–Kier alpha value is -3.19. The van der Waals surface area contributed by atoms with Crippen molar-refractivity contribution in [3.05, 3.63) is 64.7 Å². The number of amides is 4. The quantitative estimate of drug-likeness (QED) is 0.709. The molecule has 2 aromatic rings. The van der Waals surface area contributed by atoms with Crippen LogP contribution in [0.5, 0.6) is 0 Å². The molecule has 146 valence electrons. The highest BCUT2D eigenvalue weighted by atomic mass is 16.2. The van der Waals surface area contributed by atoms with Crippen LogP contribution in [0, 0.1) is 0 Å². The zero-order valence-electron chi connectivity index (χ0n) is 16.2. The monoisotopic (exact) mass is 380 g/mol. The second-order valence-corrected chi connectivity index (χ2v) is 7.71. The first kappa shape index (κ1) is 19.6. The lowest BCUT2D eigenvalue weighted by atomic mass is 10.1. The van der Waals surface area contributed by atoms with E-state index in [4.69, 9.17) is 5.73 Å². The smallest absolute Gasteiger partial charge is 0.319 e. The lowest BCUT2D eigenvalue weighted by molar-refractivity contribution is 0.0507. The SMILES string of the molecule is CC(C)(C)N1C(=O)c2ccc(NC(=O)NCc3cccc(CN)c3)cc2C1=O. The van der Waals surface area contributed by atoms with Gasteiger partial charge in [-0.05, 0) is 50.1 Å². The van der Waals surface area contributed by atoms with Crippen LogP contribution in [0.1, 0.15) is 52.6 Å². The maximum Gasteiger partial charge on any atom is 0.319 e. The molecule has 0 radical (unpaired) electrons. The molecule has 0 fully saturated rings. The first-order valence-electron chi connectivity index (χ1n) is 9.06. The van der Waals surface area contributed by atoms with Crippen LogP contribution in [0.2, 0.25) is 0 Å². The Morgan fingerprint density at radius 3 is 2.36 bits per heavy atom. The highest BCUT2D eigenvalue weighted by Gasteiger charge is 2.41. The summed E-state index contributed by atoms with van der Waals surface area (Å²) >= 11 is 0. The number of anilines is 1. The molecule has 0 unspecified atom stereocenters. The predicted octanol–water partition coefficient (Wildman–Crippen LogP) is 2.86. The number of nitrogens with two attached hydrogens (primary N) is 1. The third kappa shape index (κ3) is 3.89. The normalized spacial score (nSPS) is 13.5. The second kappa shape index (κ2) is 7.44. The van der Waals surface area contributed by atoms with Crippen LogP contribution >= 0.6 is 0 Å². The first-order chi connectivity index (χ1) is 13.2. The number of rotatable bonds is 4. The van der Waals surface area contributed by atoms with E-state index in [1.165, 1.54) is 11.0 Å². The zero-order chi connectivity index (χ0) is 20.5. The predicted molar refractivity (Wildman–Crippen MR) is 107 cm³/mol. The molecular formula is C21H24N4O3. The van der Waals surface area contributed by atoms with Gasteiger partial charge >= 0.3 is 6.03 Å². The van der Waals surface area contributed by atoms with Gasteiger partial charge in [0.25, 0.3) is 11.8 Å². The summed E-state index contributed by atoms with van der Waals surface area (Å²) < 4.78 is 0. The molecule has 28 heavy (non-hydrogen) atoms. The third-order valence-corrected chi connectivity index (χ3v) is 4.50. The first-order valence-corrected chi connectivity index (χ1v) is 9.06. The van der Waals surface area contributed by atoms with E-state index in [1.807, 2.05) is 24.3 Å². The van der Waals surface area contributed by atoms with Crippen LogP contribution in [0.3, 0.4) is 0 Å². The number of fused-ring (bicyclic) bond motifs is 1. The molecule has 0 aromatic heterocycles. The summed E-state index contributed by atoms with van der Waals surface area (Å²) in [6.07, 6.45) is 0. The average Bonchev–Trinajstić information content (AvgIpc) is 2.90. The van der Waals surface area contributed by atoms with Crippen molar-refractivity contribution in [3.8, 4) is 0 Å². The van der Waals surface area contributed by atoms with Gasteiger partial charge in [0.1, 0.15) is 0 Å². The van der Waals surface area contributed by atoms with E-state index >= 15 is 0 Å².